The molecule has 0 amide bonds. The normalized spacial score (nSPS) is 12.5. The Bertz CT molecular complexity index is 437. The number of rotatable bonds is 7. The molecule has 106 valence electrons. The summed E-state index contributed by atoms with van der Waals surface area (Å²) >= 11 is 6.08. The zero-order valence-corrected chi connectivity index (χ0v) is 12.0. The van der Waals surface area contributed by atoms with E-state index in [9.17, 15) is 10.1 Å². The molecule has 1 aromatic carbocycles. The van der Waals surface area contributed by atoms with Gasteiger partial charge in [-0.05, 0) is 31.9 Å². The topological polar surface area (TPSA) is 61.6 Å². The van der Waals surface area contributed by atoms with Gasteiger partial charge in [0, 0.05) is 13.2 Å². The molecule has 1 unspecified atom stereocenters. The fourth-order valence-corrected chi connectivity index (χ4v) is 1.98. The maximum absolute atomic E-state index is 10.9. The summed E-state index contributed by atoms with van der Waals surface area (Å²) in [5.74, 6) is 0.277. The van der Waals surface area contributed by atoms with E-state index in [1.165, 1.54) is 6.07 Å². The summed E-state index contributed by atoms with van der Waals surface area (Å²) < 4.78 is 10.4. The van der Waals surface area contributed by atoms with Gasteiger partial charge < -0.3 is 9.47 Å². The van der Waals surface area contributed by atoms with E-state index in [2.05, 4.69) is 0 Å². The molecule has 0 aliphatic carbocycles. The Balaban J connectivity index is 2.94. The standard InChI is InChI=1S/C13H18ClNO4/c1-9(2)19-13-7-10(6-11(14)8-18-3)4-5-12(13)15(16)17/h4-5,7,9,11H,6,8H2,1-3H3. The average molecular weight is 288 g/mol. The quantitative estimate of drug-likeness (QED) is 0.439. The van der Waals surface area contributed by atoms with Crippen molar-refractivity contribution in [3.63, 3.8) is 0 Å². The Labute approximate surface area is 117 Å². The molecular formula is C13H18ClNO4. The van der Waals surface area contributed by atoms with Crippen LogP contribution in [0.5, 0.6) is 5.75 Å². The van der Waals surface area contributed by atoms with Gasteiger partial charge in [-0.2, -0.15) is 0 Å². The first kappa shape index (κ1) is 15.7. The van der Waals surface area contributed by atoms with E-state index < -0.39 is 4.92 Å². The largest absolute Gasteiger partial charge is 0.484 e. The van der Waals surface area contributed by atoms with Crippen LogP contribution in [0.1, 0.15) is 19.4 Å². The maximum atomic E-state index is 10.9. The van der Waals surface area contributed by atoms with E-state index in [1.54, 1.807) is 19.2 Å². The molecule has 5 nitrogen and oxygen atoms in total. The van der Waals surface area contributed by atoms with E-state index in [4.69, 9.17) is 21.1 Å². The van der Waals surface area contributed by atoms with Crippen LogP contribution in [0.15, 0.2) is 18.2 Å². The minimum absolute atomic E-state index is 0.0321. The second-order valence-electron chi connectivity index (χ2n) is 4.48. The summed E-state index contributed by atoms with van der Waals surface area (Å²) in [6, 6.07) is 4.81. The predicted molar refractivity (Wildman–Crippen MR) is 74.1 cm³/mol. The lowest BCUT2D eigenvalue weighted by molar-refractivity contribution is -0.386. The summed E-state index contributed by atoms with van der Waals surface area (Å²) in [6.45, 7) is 4.08. The number of alkyl halides is 1. The van der Waals surface area contributed by atoms with Crippen molar-refractivity contribution in [2.24, 2.45) is 0 Å². The van der Waals surface area contributed by atoms with Gasteiger partial charge in [0.15, 0.2) is 5.75 Å². The molecule has 0 N–H and O–H groups in total. The van der Waals surface area contributed by atoms with Gasteiger partial charge >= 0.3 is 5.69 Å². The van der Waals surface area contributed by atoms with Crippen molar-refractivity contribution in [1.29, 1.82) is 0 Å². The summed E-state index contributed by atoms with van der Waals surface area (Å²) in [7, 11) is 1.58. The molecule has 0 bridgehead atoms. The number of ether oxygens (including phenoxy) is 2. The van der Waals surface area contributed by atoms with E-state index in [-0.39, 0.29) is 22.9 Å². The molecular weight excluding hydrogens is 270 g/mol. The van der Waals surface area contributed by atoms with Gasteiger partial charge in [0.2, 0.25) is 0 Å². The minimum Gasteiger partial charge on any atom is -0.484 e. The molecule has 0 spiro atoms. The molecule has 0 fully saturated rings. The minimum atomic E-state index is -0.450. The zero-order valence-electron chi connectivity index (χ0n) is 11.3. The number of methoxy groups -OCH3 is 1. The zero-order chi connectivity index (χ0) is 14.4. The van der Waals surface area contributed by atoms with E-state index in [1.807, 2.05) is 13.8 Å². The number of nitrogens with zero attached hydrogens (tertiary/aromatic N) is 1. The first-order valence-corrected chi connectivity index (χ1v) is 6.44. The summed E-state index contributed by atoms with van der Waals surface area (Å²) in [5.41, 5.74) is 0.855. The van der Waals surface area contributed by atoms with Crippen LogP contribution in [0.25, 0.3) is 0 Å². The third-order valence-corrected chi connectivity index (χ3v) is 2.67. The van der Waals surface area contributed by atoms with Crippen molar-refractivity contribution in [3.8, 4) is 5.75 Å². The van der Waals surface area contributed by atoms with Gasteiger partial charge in [-0.3, -0.25) is 10.1 Å². The second kappa shape index (κ2) is 7.31. The molecule has 0 heterocycles. The first-order chi connectivity index (χ1) is 8.93. The lowest BCUT2D eigenvalue weighted by Gasteiger charge is -2.13. The highest BCUT2D eigenvalue weighted by Crippen LogP contribution is 2.29. The first-order valence-electron chi connectivity index (χ1n) is 6.01. The summed E-state index contributed by atoms with van der Waals surface area (Å²) in [5, 5.41) is 10.8. The summed E-state index contributed by atoms with van der Waals surface area (Å²) in [4.78, 5) is 10.5. The highest BCUT2D eigenvalue weighted by Gasteiger charge is 2.17. The molecule has 1 atom stereocenters. The number of hydrogen-bond donors (Lipinski definition) is 0. The Morgan fingerprint density at radius 3 is 2.63 bits per heavy atom. The second-order valence-corrected chi connectivity index (χ2v) is 5.10. The lowest BCUT2D eigenvalue weighted by atomic mass is 10.1. The lowest BCUT2D eigenvalue weighted by Crippen LogP contribution is -2.12. The molecule has 0 saturated carbocycles. The van der Waals surface area contributed by atoms with Crippen LogP contribution in [-0.2, 0) is 11.2 Å². The van der Waals surface area contributed by atoms with Gasteiger partial charge in [0.25, 0.3) is 0 Å². The molecule has 6 heteroatoms. The molecule has 0 aliphatic heterocycles. The highest BCUT2D eigenvalue weighted by atomic mass is 35.5. The maximum Gasteiger partial charge on any atom is 0.310 e. The van der Waals surface area contributed by atoms with Crippen LogP contribution in [0.4, 0.5) is 5.69 Å². The molecule has 1 aromatic rings. The van der Waals surface area contributed by atoms with E-state index >= 15 is 0 Å². The smallest absolute Gasteiger partial charge is 0.310 e. The third kappa shape index (κ3) is 5.04. The van der Waals surface area contributed by atoms with Crippen LogP contribution < -0.4 is 4.74 Å². The number of halogens is 1. The van der Waals surface area contributed by atoms with Crippen LogP contribution >= 0.6 is 11.6 Å². The number of benzene rings is 1. The Kier molecular flexibility index (Phi) is 6.05. The van der Waals surface area contributed by atoms with Gasteiger partial charge in [0.1, 0.15) is 0 Å². The van der Waals surface area contributed by atoms with Gasteiger partial charge in [0.05, 0.1) is 23.0 Å². The fourth-order valence-electron chi connectivity index (χ4n) is 1.68. The number of nitro groups is 1. The van der Waals surface area contributed by atoms with E-state index in [0.29, 0.717) is 13.0 Å². The number of nitro benzene ring substituents is 1. The highest BCUT2D eigenvalue weighted by molar-refractivity contribution is 6.20. The molecule has 1 rings (SSSR count). The van der Waals surface area contributed by atoms with Gasteiger partial charge in [-0.25, -0.2) is 0 Å². The fraction of sp³-hybridized carbons (Fsp3) is 0.538. The van der Waals surface area contributed by atoms with Crippen molar-refractivity contribution < 1.29 is 14.4 Å². The monoisotopic (exact) mass is 287 g/mol. The molecule has 0 saturated heterocycles. The molecule has 19 heavy (non-hydrogen) atoms. The molecule has 0 aromatic heterocycles. The average Bonchev–Trinajstić information content (AvgIpc) is 2.28. The van der Waals surface area contributed by atoms with Crippen molar-refractivity contribution in [3.05, 3.63) is 33.9 Å². The van der Waals surface area contributed by atoms with Crippen molar-refractivity contribution in [2.75, 3.05) is 13.7 Å². The van der Waals surface area contributed by atoms with Crippen molar-refractivity contribution >= 4 is 17.3 Å². The van der Waals surface area contributed by atoms with Crippen LogP contribution in [0.2, 0.25) is 0 Å². The van der Waals surface area contributed by atoms with Gasteiger partial charge in [-0.1, -0.05) is 6.07 Å². The molecule has 0 aliphatic rings. The SMILES string of the molecule is COCC(Cl)Cc1ccc([N+](=O)[O-])c(OC(C)C)c1. The van der Waals surface area contributed by atoms with Crippen LogP contribution in [0.3, 0.4) is 0 Å². The third-order valence-electron chi connectivity index (χ3n) is 2.39. The van der Waals surface area contributed by atoms with E-state index in [0.717, 1.165) is 5.56 Å². The Morgan fingerprint density at radius 1 is 1.42 bits per heavy atom. The van der Waals surface area contributed by atoms with Gasteiger partial charge in [-0.15, -0.1) is 11.6 Å². The van der Waals surface area contributed by atoms with Crippen LogP contribution in [0, 0.1) is 10.1 Å². The predicted octanol–water partition coefficient (Wildman–Crippen LogP) is 3.18. The molecule has 0 radical (unpaired) electrons. The van der Waals surface area contributed by atoms with Crippen LogP contribution in [-0.4, -0.2) is 30.1 Å². The number of hydrogen-bond acceptors (Lipinski definition) is 4. The Hall–Kier alpha value is -1.33. The summed E-state index contributed by atoms with van der Waals surface area (Å²) in [6.07, 6.45) is 0.446. The van der Waals surface area contributed by atoms with Crippen molar-refractivity contribution in [2.45, 2.75) is 31.7 Å². The van der Waals surface area contributed by atoms with Crippen molar-refractivity contribution in [1.82, 2.24) is 0 Å². The Morgan fingerprint density at radius 2 is 2.11 bits per heavy atom.